The van der Waals surface area contributed by atoms with Crippen LogP contribution in [0.2, 0.25) is 10.0 Å². The third kappa shape index (κ3) is 4.14. The van der Waals surface area contributed by atoms with Gasteiger partial charge in [0.1, 0.15) is 11.5 Å². The normalized spacial score (nSPS) is 10.9. The fraction of sp³-hybridized carbons (Fsp3) is 0.160. The third-order valence-corrected chi connectivity index (χ3v) is 5.76. The molecule has 0 saturated heterocycles. The molecule has 3 aromatic carbocycles. The first-order chi connectivity index (χ1) is 15.0. The van der Waals surface area contributed by atoms with Crippen LogP contribution in [0.25, 0.3) is 28.2 Å². The maximum absolute atomic E-state index is 6.57. The summed E-state index contributed by atoms with van der Waals surface area (Å²) in [5.74, 6) is 1.60. The van der Waals surface area contributed by atoms with E-state index in [1.165, 1.54) is 0 Å². The number of hydrogen-bond acceptors (Lipinski definition) is 3. The lowest BCUT2D eigenvalue weighted by Crippen LogP contribution is -2.01. The second-order valence-electron chi connectivity index (χ2n) is 6.99. The number of ether oxygens (including phenoxy) is 2. The molecule has 0 aliphatic rings. The largest absolute Gasteiger partial charge is 0.497 e. The molecule has 158 valence electrons. The molecule has 4 nitrogen and oxygen atoms in total. The molecule has 4 aromatic rings. The number of aromatic nitrogens is 2. The van der Waals surface area contributed by atoms with Crippen molar-refractivity contribution < 1.29 is 9.47 Å². The Morgan fingerprint density at radius 2 is 1.39 bits per heavy atom. The van der Waals surface area contributed by atoms with Crippen molar-refractivity contribution in [2.24, 2.45) is 0 Å². The standard InChI is InChI=1S/C25H22Cl2N2O2/c1-4-21-24(16-5-10-19(30-2)11-6-16)28-29(23-15-18(26)9-14-22(23)27)25(21)17-7-12-20(31-3)13-8-17/h5-15H,4H2,1-3H3. The topological polar surface area (TPSA) is 36.3 Å². The Hall–Kier alpha value is -2.95. The average Bonchev–Trinajstić information content (AvgIpc) is 3.20. The first-order valence-electron chi connectivity index (χ1n) is 9.91. The van der Waals surface area contributed by atoms with Gasteiger partial charge in [0.05, 0.1) is 36.3 Å². The molecule has 6 heteroatoms. The molecule has 0 bridgehead atoms. The van der Waals surface area contributed by atoms with Gasteiger partial charge < -0.3 is 9.47 Å². The van der Waals surface area contributed by atoms with Gasteiger partial charge >= 0.3 is 0 Å². The molecule has 31 heavy (non-hydrogen) atoms. The quantitative estimate of drug-likeness (QED) is 0.313. The summed E-state index contributed by atoms with van der Waals surface area (Å²) in [6.45, 7) is 2.13. The van der Waals surface area contributed by atoms with Gasteiger partial charge in [0.2, 0.25) is 0 Å². The monoisotopic (exact) mass is 452 g/mol. The molecule has 0 aliphatic heterocycles. The maximum atomic E-state index is 6.57. The molecule has 0 radical (unpaired) electrons. The van der Waals surface area contributed by atoms with Crippen LogP contribution in [0.4, 0.5) is 0 Å². The van der Waals surface area contributed by atoms with Crippen LogP contribution in [0.1, 0.15) is 12.5 Å². The summed E-state index contributed by atoms with van der Waals surface area (Å²) >= 11 is 12.9. The van der Waals surface area contributed by atoms with Gasteiger partial charge in [-0.3, -0.25) is 0 Å². The van der Waals surface area contributed by atoms with Gasteiger partial charge in [0.15, 0.2) is 0 Å². The Labute approximate surface area is 192 Å². The molecule has 0 atom stereocenters. The SMILES string of the molecule is CCc1c(-c2ccc(OC)cc2)nn(-c2cc(Cl)ccc2Cl)c1-c1ccc(OC)cc1. The van der Waals surface area contributed by atoms with Crippen LogP contribution in [0, 0.1) is 0 Å². The minimum atomic E-state index is 0.575. The fourth-order valence-electron chi connectivity index (χ4n) is 3.63. The smallest absolute Gasteiger partial charge is 0.118 e. The number of methoxy groups -OCH3 is 2. The molecule has 0 saturated carbocycles. The Balaban J connectivity index is 1.99. The summed E-state index contributed by atoms with van der Waals surface area (Å²) in [6.07, 6.45) is 0.793. The summed E-state index contributed by atoms with van der Waals surface area (Å²) in [7, 11) is 3.31. The van der Waals surface area contributed by atoms with Gasteiger partial charge in [-0.2, -0.15) is 5.10 Å². The molecule has 0 fully saturated rings. The molecule has 0 spiro atoms. The highest BCUT2D eigenvalue weighted by atomic mass is 35.5. The van der Waals surface area contributed by atoms with Crippen LogP contribution in [-0.4, -0.2) is 24.0 Å². The van der Waals surface area contributed by atoms with Crippen molar-refractivity contribution in [3.05, 3.63) is 82.3 Å². The Morgan fingerprint density at radius 1 is 0.806 bits per heavy atom. The van der Waals surface area contributed by atoms with E-state index in [0.717, 1.165) is 51.7 Å². The van der Waals surface area contributed by atoms with E-state index in [-0.39, 0.29) is 0 Å². The number of halogens is 2. The summed E-state index contributed by atoms with van der Waals surface area (Å²) in [5.41, 5.74) is 5.73. The highest BCUT2D eigenvalue weighted by Gasteiger charge is 2.22. The molecular weight excluding hydrogens is 431 g/mol. The molecule has 0 amide bonds. The first-order valence-corrected chi connectivity index (χ1v) is 10.7. The number of hydrogen-bond donors (Lipinski definition) is 0. The summed E-state index contributed by atoms with van der Waals surface area (Å²) in [4.78, 5) is 0. The van der Waals surface area contributed by atoms with Crippen molar-refractivity contribution in [3.63, 3.8) is 0 Å². The third-order valence-electron chi connectivity index (χ3n) is 5.20. The van der Waals surface area contributed by atoms with Crippen molar-refractivity contribution >= 4 is 23.2 Å². The van der Waals surface area contributed by atoms with Crippen LogP contribution in [0.5, 0.6) is 11.5 Å². The van der Waals surface area contributed by atoms with Crippen molar-refractivity contribution in [3.8, 4) is 39.7 Å². The minimum Gasteiger partial charge on any atom is -0.497 e. The molecule has 4 rings (SSSR count). The van der Waals surface area contributed by atoms with Gasteiger partial charge in [-0.25, -0.2) is 4.68 Å². The van der Waals surface area contributed by atoms with Gasteiger partial charge in [-0.1, -0.05) is 30.1 Å². The van der Waals surface area contributed by atoms with Gasteiger partial charge in [-0.05, 0) is 73.2 Å². The minimum absolute atomic E-state index is 0.575. The summed E-state index contributed by atoms with van der Waals surface area (Å²) < 4.78 is 12.5. The lowest BCUT2D eigenvalue weighted by Gasteiger charge is -2.12. The Bertz CT molecular complexity index is 1200. The molecule has 1 aromatic heterocycles. The Kier molecular flexibility index (Phi) is 6.21. The highest BCUT2D eigenvalue weighted by molar-refractivity contribution is 6.34. The Morgan fingerprint density at radius 3 is 1.94 bits per heavy atom. The van der Waals surface area contributed by atoms with E-state index in [0.29, 0.717) is 10.0 Å². The van der Waals surface area contributed by atoms with Crippen LogP contribution >= 0.6 is 23.2 Å². The van der Waals surface area contributed by atoms with Crippen LogP contribution in [0.3, 0.4) is 0 Å². The predicted octanol–water partition coefficient (Wildman–Crippen LogP) is 7.09. The van der Waals surface area contributed by atoms with E-state index in [1.54, 1.807) is 26.4 Å². The average molecular weight is 453 g/mol. The van der Waals surface area contributed by atoms with Gasteiger partial charge in [0, 0.05) is 21.7 Å². The predicted molar refractivity (Wildman–Crippen MR) is 127 cm³/mol. The molecular formula is C25H22Cl2N2O2. The second kappa shape index (κ2) is 9.04. The summed E-state index contributed by atoms with van der Waals surface area (Å²) in [6, 6.07) is 21.2. The number of benzene rings is 3. The van der Waals surface area contributed by atoms with E-state index in [4.69, 9.17) is 37.8 Å². The van der Waals surface area contributed by atoms with E-state index < -0.39 is 0 Å². The zero-order chi connectivity index (χ0) is 22.0. The number of nitrogens with zero attached hydrogens (tertiary/aromatic N) is 2. The molecule has 0 unspecified atom stereocenters. The van der Waals surface area contributed by atoms with Crippen molar-refractivity contribution in [2.45, 2.75) is 13.3 Å². The van der Waals surface area contributed by atoms with Crippen molar-refractivity contribution in [1.82, 2.24) is 9.78 Å². The van der Waals surface area contributed by atoms with Gasteiger partial charge in [0.25, 0.3) is 0 Å². The molecule has 0 aliphatic carbocycles. The van der Waals surface area contributed by atoms with Crippen LogP contribution in [0.15, 0.2) is 66.7 Å². The molecule has 1 heterocycles. The maximum Gasteiger partial charge on any atom is 0.118 e. The van der Waals surface area contributed by atoms with Crippen molar-refractivity contribution in [2.75, 3.05) is 14.2 Å². The lowest BCUT2D eigenvalue weighted by atomic mass is 9.99. The zero-order valence-corrected chi connectivity index (χ0v) is 19.0. The second-order valence-corrected chi connectivity index (χ2v) is 7.84. The van der Waals surface area contributed by atoms with E-state index in [9.17, 15) is 0 Å². The molecule has 0 N–H and O–H groups in total. The first kappa shape index (κ1) is 21.3. The highest BCUT2D eigenvalue weighted by Crippen LogP contribution is 2.37. The zero-order valence-electron chi connectivity index (χ0n) is 17.5. The fourth-order valence-corrected chi connectivity index (χ4v) is 4.00. The van der Waals surface area contributed by atoms with Crippen molar-refractivity contribution in [1.29, 1.82) is 0 Å². The van der Waals surface area contributed by atoms with E-state index in [2.05, 4.69) is 6.92 Å². The lowest BCUT2D eigenvalue weighted by molar-refractivity contribution is 0.414. The van der Waals surface area contributed by atoms with Crippen LogP contribution < -0.4 is 9.47 Å². The van der Waals surface area contributed by atoms with E-state index >= 15 is 0 Å². The van der Waals surface area contributed by atoms with Gasteiger partial charge in [-0.15, -0.1) is 0 Å². The van der Waals surface area contributed by atoms with Crippen LogP contribution in [-0.2, 0) is 6.42 Å². The van der Waals surface area contributed by atoms with E-state index in [1.807, 2.05) is 59.3 Å². The number of rotatable bonds is 6. The summed E-state index contributed by atoms with van der Waals surface area (Å²) in [5, 5.41) is 6.17.